The van der Waals surface area contributed by atoms with Crippen molar-refractivity contribution in [1.82, 2.24) is 10.6 Å². The van der Waals surface area contributed by atoms with Crippen LogP contribution in [0.1, 0.15) is 12.0 Å². The number of urea groups is 1. The fourth-order valence-corrected chi connectivity index (χ4v) is 3.13. The van der Waals surface area contributed by atoms with Gasteiger partial charge in [-0.25, -0.2) is 4.79 Å². The second kappa shape index (κ2) is 11.2. The minimum absolute atomic E-state index is 0.212. The van der Waals surface area contributed by atoms with Crippen LogP contribution in [0.3, 0.4) is 0 Å². The molecule has 3 amide bonds. The first-order chi connectivity index (χ1) is 15.2. The highest BCUT2D eigenvalue weighted by molar-refractivity contribution is 5.94. The molecule has 0 fully saturated rings. The predicted octanol–water partition coefficient (Wildman–Crippen LogP) is 4.12. The summed E-state index contributed by atoms with van der Waals surface area (Å²) in [5.74, 6) is -0.325. The van der Waals surface area contributed by atoms with Crippen LogP contribution in [0.15, 0.2) is 84.9 Å². The molecule has 1 atom stereocenters. The summed E-state index contributed by atoms with van der Waals surface area (Å²) in [5.41, 5.74) is 3.69. The molecule has 3 aromatic carbocycles. The van der Waals surface area contributed by atoms with Gasteiger partial charge in [0, 0.05) is 18.7 Å². The van der Waals surface area contributed by atoms with E-state index in [0.717, 1.165) is 16.7 Å². The van der Waals surface area contributed by atoms with Crippen LogP contribution in [-0.2, 0) is 11.2 Å². The topological polar surface area (TPSA) is 94.0 Å². The van der Waals surface area contributed by atoms with Crippen molar-refractivity contribution in [2.24, 2.45) is 0 Å². The molecule has 0 saturated heterocycles. The van der Waals surface area contributed by atoms with Crippen LogP contribution < -0.4 is 16.0 Å². The zero-order valence-electron chi connectivity index (χ0n) is 17.0. The Morgan fingerprint density at radius 3 is 2.10 bits per heavy atom. The summed E-state index contributed by atoms with van der Waals surface area (Å²) in [4.78, 5) is 25.1. The Morgan fingerprint density at radius 1 is 0.839 bits per heavy atom. The summed E-state index contributed by atoms with van der Waals surface area (Å²) in [6.45, 7) is 0.241. The zero-order valence-corrected chi connectivity index (χ0v) is 17.0. The summed E-state index contributed by atoms with van der Waals surface area (Å²) in [5, 5.41) is 16.9. The summed E-state index contributed by atoms with van der Waals surface area (Å²) in [7, 11) is 0. The molecule has 0 spiro atoms. The monoisotopic (exact) mass is 412 g/mol. The van der Waals surface area contributed by atoms with Gasteiger partial charge in [-0.1, -0.05) is 72.8 Å². The van der Waals surface area contributed by atoms with Gasteiger partial charge in [0.2, 0.25) is 5.91 Å². The van der Waals surface area contributed by atoms with Crippen molar-refractivity contribution in [3.8, 4) is 17.2 Å². The Bertz CT molecular complexity index is 1030. The van der Waals surface area contributed by atoms with E-state index in [-0.39, 0.29) is 18.9 Å². The average molecular weight is 412 g/mol. The average Bonchev–Trinajstić information content (AvgIpc) is 2.80. The van der Waals surface area contributed by atoms with Crippen molar-refractivity contribution in [2.75, 3.05) is 11.9 Å². The molecule has 0 saturated carbocycles. The molecule has 156 valence electrons. The van der Waals surface area contributed by atoms with E-state index in [1.165, 1.54) is 0 Å². The van der Waals surface area contributed by atoms with Gasteiger partial charge in [-0.05, 0) is 28.8 Å². The van der Waals surface area contributed by atoms with Crippen LogP contribution in [0.2, 0.25) is 0 Å². The van der Waals surface area contributed by atoms with E-state index in [9.17, 15) is 9.59 Å². The fraction of sp³-hybridized carbons (Fsp3) is 0.160. The van der Waals surface area contributed by atoms with Gasteiger partial charge >= 0.3 is 6.03 Å². The Kier molecular flexibility index (Phi) is 7.78. The Labute approximate surface area is 181 Å². The lowest BCUT2D eigenvalue weighted by atomic mass is 10.1. The van der Waals surface area contributed by atoms with Gasteiger partial charge in [-0.15, -0.1) is 0 Å². The van der Waals surface area contributed by atoms with Gasteiger partial charge in [0.15, 0.2) is 0 Å². The quantitative estimate of drug-likeness (QED) is 0.486. The molecule has 31 heavy (non-hydrogen) atoms. The zero-order chi connectivity index (χ0) is 21.9. The smallest absolute Gasteiger partial charge is 0.319 e. The predicted molar refractivity (Wildman–Crippen MR) is 121 cm³/mol. The molecule has 1 unspecified atom stereocenters. The van der Waals surface area contributed by atoms with Crippen molar-refractivity contribution in [3.05, 3.63) is 90.5 Å². The van der Waals surface area contributed by atoms with Crippen LogP contribution in [0, 0.1) is 11.3 Å². The maximum atomic E-state index is 12.5. The highest BCUT2D eigenvalue weighted by Crippen LogP contribution is 2.21. The molecule has 0 aliphatic rings. The van der Waals surface area contributed by atoms with E-state index < -0.39 is 12.1 Å². The number of hydrogen-bond acceptors (Lipinski definition) is 3. The van der Waals surface area contributed by atoms with Crippen LogP contribution in [0.25, 0.3) is 11.1 Å². The molecule has 0 aliphatic heterocycles. The van der Waals surface area contributed by atoms with Crippen molar-refractivity contribution in [3.63, 3.8) is 0 Å². The number of amides is 3. The number of rotatable bonds is 8. The maximum Gasteiger partial charge on any atom is 0.319 e. The number of nitrogens with zero attached hydrogens (tertiary/aromatic N) is 1. The molecule has 3 N–H and O–H groups in total. The first kappa shape index (κ1) is 21.6. The van der Waals surface area contributed by atoms with Crippen molar-refractivity contribution < 1.29 is 9.59 Å². The first-order valence-corrected chi connectivity index (χ1v) is 10.1. The van der Waals surface area contributed by atoms with Crippen molar-refractivity contribution >= 4 is 17.6 Å². The first-order valence-electron chi connectivity index (χ1n) is 10.1. The highest BCUT2D eigenvalue weighted by Gasteiger charge is 2.21. The molecular weight excluding hydrogens is 388 g/mol. The Hall–Kier alpha value is -4.11. The number of carbonyl (C=O) groups is 2. The maximum absolute atomic E-state index is 12.5. The van der Waals surface area contributed by atoms with Crippen LogP contribution in [0.4, 0.5) is 10.5 Å². The number of anilines is 1. The number of nitrogens with one attached hydrogen (secondary N) is 3. The summed E-state index contributed by atoms with van der Waals surface area (Å²) in [6.07, 6.45) is 0.559. The summed E-state index contributed by atoms with van der Waals surface area (Å²) >= 11 is 0. The third-order valence-electron chi connectivity index (χ3n) is 4.69. The van der Waals surface area contributed by atoms with Crippen LogP contribution in [-0.4, -0.2) is 24.5 Å². The minimum atomic E-state index is -0.760. The van der Waals surface area contributed by atoms with Crippen molar-refractivity contribution in [2.45, 2.75) is 18.9 Å². The molecule has 0 bridgehead atoms. The molecule has 6 nitrogen and oxygen atoms in total. The largest absolute Gasteiger partial charge is 0.353 e. The summed E-state index contributed by atoms with van der Waals surface area (Å²) in [6, 6.07) is 27.7. The molecule has 3 aromatic rings. The van der Waals surface area contributed by atoms with Gasteiger partial charge in [0.1, 0.15) is 6.04 Å². The summed E-state index contributed by atoms with van der Waals surface area (Å²) < 4.78 is 0. The normalized spacial score (nSPS) is 11.1. The highest BCUT2D eigenvalue weighted by atomic mass is 16.2. The fourth-order valence-electron chi connectivity index (χ4n) is 3.13. The number of carbonyl (C=O) groups excluding carboxylic acids is 2. The molecule has 0 aromatic heterocycles. The van der Waals surface area contributed by atoms with E-state index in [1.807, 2.05) is 91.0 Å². The molecule has 3 rings (SSSR count). The number of nitriles is 1. The van der Waals surface area contributed by atoms with E-state index in [4.69, 9.17) is 5.26 Å². The lowest BCUT2D eigenvalue weighted by Gasteiger charge is -2.19. The second-order valence-corrected chi connectivity index (χ2v) is 6.98. The van der Waals surface area contributed by atoms with Gasteiger partial charge < -0.3 is 16.0 Å². The standard InChI is InChI=1S/C25H24N4O2/c26-16-7-17-27-24(30)23(18-19-8-3-1-4-9-19)29-25(31)28-22-14-12-21(13-15-22)20-10-5-2-6-11-20/h1-6,8-15,23H,7,17-18H2,(H,27,30)(H2,28,29,31). The molecule has 6 heteroatoms. The molecule has 0 aliphatic carbocycles. The van der Waals surface area contributed by atoms with E-state index >= 15 is 0 Å². The lowest BCUT2D eigenvalue weighted by Crippen LogP contribution is -2.49. The van der Waals surface area contributed by atoms with Crippen LogP contribution >= 0.6 is 0 Å². The SMILES string of the molecule is N#CCCNC(=O)C(Cc1ccccc1)NC(=O)Nc1ccc(-c2ccccc2)cc1. The van der Waals surface area contributed by atoms with E-state index in [2.05, 4.69) is 16.0 Å². The number of hydrogen-bond donors (Lipinski definition) is 3. The van der Waals surface area contributed by atoms with Gasteiger partial charge in [-0.2, -0.15) is 5.26 Å². The molecule has 0 radical (unpaired) electrons. The lowest BCUT2D eigenvalue weighted by molar-refractivity contribution is -0.122. The van der Waals surface area contributed by atoms with Crippen molar-refractivity contribution in [1.29, 1.82) is 5.26 Å². The van der Waals surface area contributed by atoms with E-state index in [1.54, 1.807) is 0 Å². The third kappa shape index (κ3) is 6.72. The van der Waals surface area contributed by atoms with Gasteiger partial charge in [0.05, 0.1) is 12.5 Å². The minimum Gasteiger partial charge on any atom is -0.353 e. The van der Waals surface area contributed by atoms with Crippen LogP contribution in [0.5, 0.6) is 0 Å². The Balaban J connectivity index is 1.63. The number of benzene rings is 3. The second-order valence-electron chi connectivity index (χ2n) is 6.98. The van der Waals surface area contributed by atoms with Gasteiger partial charge in [0.25, 0.3) is 0 Å². The molecule has 0 heterocycles. The van der Waals surface area contributed by atoms with Gasteiger partial charge in [-0.3, -0.25) is 4.79 Å². The van der Waals surface area contributed by atoms with E-state index in [0.29, 0.717) is 12.1 Å². The molecular formula is C25H24N4O2. The Morgan fingerprint density at radius 2 is 1.45 bits per heavy atom. The third-order valence-corrected chi connectivity index (χ3v) is 4.69.